The number of fused-ring (bicyclic) bond motifs is 1. The zero-order chi connectivity index (χ0) is 14.1. The van der Waals surface area contributed by atoms with Gasteiger partial charge in [-0.3, -0.25) is 0 Å². The fourth-order valence-corrected chi connectivity index (χ4v) is 3.59. The minimum atomic E-state index is 0.461. The lowest BCUT2D eigenvalue weighted by molar-refractivity contribution is 0.168. The topological polar surface area (TPSA) is 21.1 Å². The van der Waals surface area contributed by atoms with Crippen LogP contribution in [0.25, 0.3) is 11.0 Å². The van der Waals surface area contributed by atoms with Crippen LogP contribution in [0.1, 0.15) is 25.1 Å². The monoisotopic (exact) mass is 355 g/mol. The summed E-state index contributed by atoms with van der Waals surface area (Å²) >= 11 is 9.64. The SMILES string of the molecule is CN1CCCCC1Cn1c(CCl)nc2ccc(Br)cc21. The van der Waals surface area contributed by atoms with Crippen LogP contribution in [0, 0.1) is 0 Å². The van der Waals surface area contributed by atoms with Gasteiger partial charge in [0.15, 0.2) is 0 Å². The van der Waals surface area contributed by atoms with Crippen molar-refractivity contribution in [3.05, 3.63) is 28.5 Å². The normalized spacial score (nSPS) is 20.6. The summed E-state index contributed by atoms with van der Waals surface area (Å²) in [4.78, 5) is 7.12. The van der Waals surface area contributed by atoms with E-state index in [1.54, 1.807) is 0 Å². The van der Waals surface area contributed by atoms with Gasteiger partial charge >= 0.3 is 0 Å². The molecule has 20 heavy (non-hydrogen) atoms. The average Bonchev–Trinajstić information content (AvgIpc) is 2.79. The third-order valence-electron chi connectivity index (χ3n) is 4.22. The molecule has 0 spiro atoms. The Balaban J connectivity index is 1.98. The van der Waals surface area contributed by atoms with Gasteiger partial charge in [0, 0.05) is 17.1 Å². The van der Waals surface area contributed by atoms with E-state index in [0.717, 1.165) is 22.4 Å². The number of aromatic nitrogens is 2. The number of hydrogen-bond donors (Lipinski definition) is 0. The maximum absolute atomic E-state index is 6.09. The van der Waals surface area contributed by atoms with Crippen LogP contribution in [0.3, 0.4) is 0 Å². The summed E-state index contributed by atoms with van der Waals surface area (Å²) in [5.74, 6) is 1.43. The van der Waals surface area contributed by atoms with Crippen LogP contribution in [0.5, 0.6) is 0 Å². The molecule has 0 aliphatic carbocycles. The molecule has 2 aromatic rings. The third-order valence-corrected chi connectivity index (χ3v) is 4.96. The second-order valence-electron chi connectivity index (χ2n) is 5.54. The van der Waals surface area contributed by atoms with Gasteiger partial charge in [0.1, 0.15) is 5.82 Å². The van der Waals surface area contributed by atoms with E-state index in [-0.39, 0.29) is 0 Å². The number of piperidine rings is 1. The van der Waals surface area contributed by atoms with Crippen molar-refractivity contribution in [1.29, 1.82) is 0 Å². The highest BCUT2D eigenvalue weighted by atomic mass is 79.9. The highest BCUT2D eigenvalue weighted by Crippen LogP contribution is 2.25. The highest BCUT2D eigenvalue weighted by molar-refractivity contribution is 9.10. The van der Waals surface area contributed by atoms with E-state index in [1.807, 2.05) is 6.07 Å². The van der Waals surface area contributed by atoms with Gasteiger partial charge in [-0.25, -0.2) is 4.98 Å². The van der Waals surface area contributed by atoms with Crippen molar-refractivity contribution in [3.63, 3.8) is 0 Å². The molecule has 1 aromatic heterocycles. The Kier molecular flexibility index (Phi) is 4.34. The molecule has 1 unspecified atom stereocenters. The summed E-state index contributed by atoms with van der Waals surface area (Å²) in [6, 6.07) is 6.81. The molecule has 3 nitrogen and oxygen atoms in total. The predicted molar refractivity (Wildman–Crippen MR) is 87.3 cm³/mol. The van der Waals surface area contributed by atoms with E-state index in [2.05, 4.69) is 49.6 Å². The number of likely N-dealkylation sites (N-methyl/N-ethyl adjacent to an activating group) is 1. The van der Waals surface area contributed by atoms with Crippen LogP contribution in [-0.2, 0) is 12.4 Å². The predicted octanol–water partition coefficient (Wildman–Crippen LogP) is 4.02. The van der Waals surface area contributed by atoms with Crippen molar-refractivity contribution in [1.82, 2.24) is 14.5 Å². The largest absolute Gasteiger partial charge is 0.325 e. The van der Waals surface area contributed by atoms with Gasteiger partial charge in [-0.05, 0) is 44.6 Å². The second kappa shape index (κ2) is 6.04. The molecule has 5 heteroatoms. The van der Waals surface area contributed by atoms with Gasteiger partial charge < -0.3 is 9.47 Å². The first-order chi connectivity index (χ1) is 9.69. The number of benzene rings is 1. The smallest absolute Gasteiger partial charge is 0.124 e. The van der Waals surface area contributed by atoms with Gasteiger partial charge in [-0.2, -0.15) is 0 Å². The summed E-state index contributed by atoms with van der Waals surface area (Å²) in [6.45, 7) is 2.17. The fourth-order valence-electron chi connectivity index (χ4n) is 3.04. The molecule has 1 aromatic carbocycles. The number of nitrogens with zero attached hydrogens (tertiary/aromatic N) is 3. The lowest BCUT2D eigenvalue weighted by Crippen LogP contribution is -2.39. The highest BCUT2D eigenvalue weighted by Gasteiger charge is 2.21. The molecular weight excluding hydrogens is 338 g/mol. The maximum Gasteiger partial charge on any atom is 0.124 e. The summed E-state index contributed by atoms with van der Waals surface area (Å²) in [5.41, 5.74) is 2.20. The summed E-state index contributed by atoms with van der Waals surface area (Å²) in [7, 11) is 2.22. The van der Waals surface area contributed by atoms with Crippen molar-refractivity contribution in [3.8, 4) is 0 Å². The molecule has 1 saturated heterocycles. The Morgan fingerprint density at radius 2 is 2.25 bits per heavy atom. The number of likely N-dealkylation sites (tertiary alicyclic amines) is 1. The first kappa shape index (κ1) is 14.4. The van der Waals surface area contributed by atoms with E-state index in [4.69, 9.17) is 11.6 Å². The number of rotatable bonds is 3. The summed E-state index contributed by atoms with van der Waals surface area (Å²) < 4.78 is 3.38. The van der Waals surface area contributed by atoms with Crippen LogP contribution in [0.2, 0.25) is 0 Å². The summed E-state index contributed by atoms with van der Waals surface area (Å²) in [6.07, 6.45) is 3.89. The Labute approximate surface area is 133 Å². The van der Waals surface area contributed by atoms with Crippen molar-refractivity contribution in [2.75, 3.05) is 13.6 Å². The lowest BCUT2D eigenvalue weighted by Gasteiger charge is -2.33. The fraction of sp³-hybridized carbons (Fsp3) is 0.533. The zero-order valence-corrected chi connectivity index (χ0v) is 14.0. The van der Waals surface area contributed by atoms with Gasteiger partial charge in [0.2, 0.25) is 0 Å². The van der Waals surface area contributed by atoms with Gasteiger partial charge in [-0.1, -0.05) is 22.4 Å². The van der Waals surface area contributed by atoms with Gasteiger partial charge in [-0.15, -0.1) is 11.6 Å². The molecule has 2 heterocycles. The Morgan fingerprint density at radius 1 is 1.40 bits per heavy atom. The molecule has 1 aliphatic heterocycles. The molecule has 0 bridgehead atoms. The molecule has 1 aliphatic rings. The molecule has 0 saturated carbocycles. The van der Waals surface area contributed by atoms with E-state index in [9.17, 15) is 0 Å². The molecule has 0 amide bonds. The first-order valence-corrected chi connectivity index (χ1v) is 8.42. The number of alkyl halides is 1. The number of halogens is 2. The van der Waals surface area contributed by atoms with Crippen LogP contribution in [0.4, 0.5) is 0 Å². The third kappa shape index (κ3) is 2.74. The molecule has 108 valence electrons. The number of imidazole rings is 1. The minimum Gasteiger partial charge on any atom is -0.325 e. The zero-order valence-electron chi connectivity index (χ0n) is 11.6. The number of hydrogen-bond acceptors (Lipinski definition) is 2. The Bertz CT molecular complexity index is 610. The van der Waals surface area contributed by atoms with Gasteiger partial charge in [0.25, 0.3) is 0 Å². The standard InChI is InChI=1S/C15H19BrClN3/c1-19-7-3-2-4-12(19)10-20-14-8-11(16)5-6-13(14)18-15(20)9-17/h5-6,8,12H,2-4,7,9-10H2,1H3. The van der Waals surface area contributed by atoms with E-state index in [1.165, 1.54) is 31.3 Å². The minimum absolute atomic E-state index is 0.461. The van der Waals surface area contributed by atoms with Crippen molar-refractivity contribution >= 4 is 38.6 Å². The molecule has 0 N–H and O–H groups in total. The lowest BCUT2D eigenvalue weighted by atomic mass is 10.0. The average molecular weight is 357 g/mol. The molecule has 1 atom stereocenters. The van der Waals surface area contributed by atoms with Crippen molar-refractivity contribution in [2.24, 2.45) is 0 Å². The van der Waals surface area contributed by atoms with E-state index >= 15 is 0 Å². The second-order valence-corrected chi connectivity index (χ2v) is 6.72. The first-order valence-electron chi connectivity index (χ1n) is 7.10. The van der Waals surface area contributed by atoms with Crippen molar-refractivity contribution < 1.29 is 0 Å². The van der Waals surface area contributed by atoms with Crippen LogP contribution in [-0.4, -0.2) is 34.1 Å². The van der Waals surface area contributed by atoms with Gasteiger partial charge in [0.05, 0.1) is 16.9 Å². The van der Waals surface area contributed by atoms with E-state index in [0.29, 0.717) is 11.9 Å². The van der Waals surface area contributed by atoms with Crippen LogP contribution < -0.4 is 0 Å². The molecular formula is C15H19BrClN3. The Morgan fingerprint density at radius 3 is 3.00 bits per heavy atom. The van der Waals surface area contributed by atoms with E-state index < -0.39 is 0 Å². The molecule has 1 fully saturated rings. The van der Waals surface area contributed by atoms with Crippen molar-refractivity contribution in [2.45, 2.75) is 37.7 Å². The summed E-state index contributed by atoms with van der Waals surface area (Å²) in [5, 5.41) is 0. The molecule has 0 radical (unpaired) electrons. The Hall–Kier alpha value is -0.580. The molecule has 3 rings (SSSR count). The maximum atomic E-state index is 6.09. The van der Waals surface area contributed by atoms with Crippen LogP contribution >= 0.6 is 27.5 Å². The quantitative estimate of drug-likeness (QED) is 0.774. The van der Waals surface area contributed by atoms with Crippen LogP contribution in [0.15, 0.2) is 22.7 Å².